The molecule has 8 nitrogen and oxygen atoms in total. The van der Waals surface area contributed by atoms with Crippen LogP contribution in [0.25, 0.3) is 11.3 Å². The Morgan fingerprint density at radius 1 is 0.951 bits per heavy atom. The second kappa shape index (κ2) is 12.4. The van der Waals surface area contributed by atoms with Gasteiger partial charge < -0.3 is 20.5 Å². The van der Waals surface area contributed by atoms with Crippen LogP contribution in [-0.4, -0.2) is 36.4 Å². The summed E-state index contributed by atoms with van der Waals surface area (Å²) < 4.78 is 28.6. The molecule has 3 N–H and O–H groups in total. The van der Waals surface area contributed by atoms with Gasteiger partial charge in [0.25, 0.3) is 5.91 Å². The first-order valence-corrected chi connectivity index (χ1v) is 14.1. The quantitative estimate of drug-likeness (QED) is 0.254. The molecule has 1 saturated carbocycles. The van der Waals surface area contributed by atoms with Gasteiger partial charge in [-0.3, -0.25) is 14.5 Å². The largest absolute Gasteiger partial charge is 0.497 e. The van der Waals surface area contributed by atoms with Crippen molar-refractivity contribution in [3.63, 3.8) is 0 Å². The lowest BCUT2D eigenvalue weighted by Gasteiger charge is -2.32. The van der Waals surface area contributed by atoms with Crippen molar-refractivity contribution in [1.82, 2.24) is 9.69 Å². The number of nitrogens with zero attached hydrogens (tertiary/aromatic N) is 2. The fourth-order valence-corrected chi connectivity index (χ4v) is 5.82. The number of carbonyl (C=O) groups is 2. The number of benzene rings is 3. The molecule has 0 bridgehead atoms. The van der Waals surface area contributed by atoms with Gasteiger partial charge in [0.1, 0.15) is 33.9 Å². The van der Waals surface area contributed by atoms with E-state index < -0.39 is 11.9 Å². The van der Waals surface area contributed by atoms with Crippen LogP contribution in [-0.2, 0) is 4.79 Å². The Hall–Kier alpha value is -4.44. The van der Waals surface area contributed by atoms with Crippen molar-refractivity contribution >= 4 is 34.7 Å². The fourth-order valence-electron chi connectivity index (χ4n) is 5.06. The van der Waals surface area contributed by atoms with Crippen LogP contribution in [0.2, 0.25) is 0 Å². The van der Waals surface area contributed by atoms with E-state index in [1.807, 2.05) is 0 Å². The normalized spacial score (nSPS) is 13.9. The zero-order chi connectivity index (χ0) is 28.9. The van der Waals surface area contributed by atoms with Gasteiger partial charge in [-0.25, -0.2) is 4.39 Å². The van der Waals surface area contributed by atoms with E-state index in [0.29, 0.717) is 34.0 Å². The molecule has 4 aromatic rings. The number of hydrogen-bond acceptors (Lipinski definition) is 7. The van der Waals surface area contributed by atoms with Gasteiger partial charge in [-0.1, -0.05) is 25.0 Å². The average molecular weight is 575 g/mol. The molecule has 0 unspecified atom stereocenters. The van der Waals surface area contributed by atoms with E-state index in [-0.39, 0.29) is 28.3 Å². The second-order valence-electron chi connectivity index (χ2n) is 9.82. The highest BCUT2D eigenvalue weighted by molar-refractivity contribution is 7.09. The summed E-state index contributed by atoms with van der Waals surface area (Å²) in [4.78, 5) is 30.1. The van der Waals surface area contributed by atoms with Crippen molar-refractivity contribution in [2.75, 3.05) is 24.9 Å². The molecule has 212 valence electrons. The van der Waals surface area contributed by atoms with Gasteiger partial charge in [-0.05, 0) is 90.6 Å². The maximum atomic E-state index is 14.4. The highest BCUT2D eigenvalue weighted by Crippen LogP contribution is 2.37. The minimum atomic E-state index is -1.02. The van der Waals surface area contributed by atoms with Crippen LogP contribution in [0, 0.1) is 5.82 Å². The molecule has 5 rings (SSSR count). The van der Waals surface area contributed by atoms with E-state index in [0.717, 1.165) is 37.2 Å². The molecule has 1 aliphatic carbocycles. The predicted octanol–water partition coefficient (Wildman–Crippen LogP) is 6.00. The van der Waals surface area contributed by atoms with Crippen LogP contribution in [0.4, 0.5) is 15.8 Å². The molecule has 1 aromatic heterocycles. The molecule has 0 aliphatic heterocycles. The number of aromatic nitrogens is 1. The molecule has 1 atom stereocenters. The maximum Gasteiger partial charge on any atom is 0.273 e. The number of carbonyl (C=O) groups excluding carboxylic acids is 2. The van der Waals surface area contributed by atoms with Crippen LogP contribution >= 0.6 is 11.5 Å². The predicted molar refractivity (Wildman–Crippen MR) is 158 cm³/mol. The standard InChI is InChI=1S/C31H31FN4O4S/c1-39-24-15-9-20(10-16-24)28(30(37)34-22-5-3-4-6-22)36(23-13-17-25(40-2)18-14-23)31(38)29-26(33)27(35-41-29)19-7-11-21(32)12-8-19/h7-18,22,28H,3-6,33H2,1-2H3,(H,34,37)/t28-/m0/s1. The summed E-state index contributed by atoms with van der Waals surface area (Å²) in [6.45, 7) is 0. The molecule has 1 aliphatic rings. The molecule has 0 radical (unpaired) electrons. The first-order chi connectivity index (χ1) is 19.9. The highest BCUT2D eigenvalue weighted by atomic mass is 32.1. The third-order valence-corrected chi connectivity index (χ3v) is 8.10. The number of nitrogens with one attached hydrogen (secondary N) is 1. The van der Waals surface area contributed by atoms with Crippen molar-refractivity contribution in [2.24, 2.45) is 0 Å². The van der Waals surface area contributed by atoms with Gasteiger partial charge in [-0.15, -0.1) is 0 Å². The molecular formula is C31H31FN4O4S. The topological polar surface area (TPSA) is 107 Å². The average Bonchev–Trinajstić information content (AvgIpc) is 3.65. The van der Waals surface area contributed by atoms with Crippen LogP contribution in [0.1, 0.15) is 47.0 Å². The molecule has 10 heteroatoms. The third-order valence-electron chi connectivity index (χ3n) is 7.25. The summed E-state index contributed by atoms with van der Waals surface area (Å²) in [7, 11) is 3.12. The third kappa shape index (κ3) is 6.02. The van der Waals surface area contributed by atoms with Crippen molar-refractivity contribution in [2.45, 2.75) is 37.8 Å². The molecule has 41 heavy (non-hydrogen) atoms. The zero-order valence-electron chi connectivity index (χ0n) is 22.8. The first kappa shape index (κ1) is 28.1. The van der Waals surface area contributed by atoms with Crippen LogP contribution in [0.5, 0.6) is 11.5 Å². The number of ether oxygens (including phenoxy) is 2. The van der Waals surface area contributed by atoms with Gasteiger partial charge in [-0.2, -0.15) is 4.37 Å². The van der Waals surface area contributed by atoms with E-state index in [1.54, 1.807) is 74.9 Å². The van der Waals surface area contributed by atoms with E-state index in [1.165, 1.54) is 17.0 Å². The van der Waals surface area contributed by atoms with Gasteiger partial charge in [0.15, 0.2) is 0 Å². The lowest BCUT2D eigenvalue weighted by atomic mass is 10.0. The molecule has 0 saturated heterocycles. The number of methoxy groups -OCH3 is 2. The number of rotatable bonds is 9. The Bertz CT molecular complexity index is 1500. The number of hydrogen-bond donors (Lipinski definition) is 2. The van der Waals surface area contributed by atoms with Crippen molar-refractivity contribution < 1.29 is 23.5 Å². The SMILES string of the molecule is COc1ccc([C@@H](C(=O)NC2CCCC2)N(C(=O)c2snc(-c3ccc(F)cc3)c2N)c2ccc(OC)cc2)cc1. The number of anilines is 2. The fraction of sp³-hybridized carbons (Fsp3) is 0.258. The summed E-state index contributed by atoms with van der Waals surface area (Å²) in [6.07, 6.45) is 3.87. The smallest absolute Gasteiger partial charge is 0.273 e. The lowest BCUT2D eigenvalue weighted by molar-refractivity contribution is -0.123. The van der Waals surface area contributed by atoms with E-state index in [9.17, 15) is 14.0 Å². The van der Waals surface area contributed by atoms with Gasteiger partial charge >= 0.3 is 0 Å². The Morgan fingerprint density at radius 2 is 1.54 bits per heavy atom. The van der Waals surface area contributed by atoms with Crippen LogP contribution < -0.4 is 25.4 Å². The van der Waals surface area contributed by atoms with Crippen LogP contribution in [0.3, 0.4) is 0 Å². The Kier molecular flexibility index (Phi) is 8.49. The second-order valence-corrected chi connectivity index (χ2v) is 10.6. The van der Waals surface area contributed by atoms with E-state index >= 15 is 0 Å². The summed E-state index contributed by atoms with van der Waals surface area (Å²) >= 11 is 0.941. The van der Waals surface area contributed by atoms with Crippen molar-refractivity contribution in [1.29, 1.82) is 0 Å². The molecule has 2 amide bonds. The van der Waals surface area contributed by atoms with Gasteiger partial charge in [0.05, 0.1) is 19.9 Å². The van der Waals surface area contributed by atoms with Gasteiger partial charge in [0.2, 0.25) is 5.91 Å². The zero-order valence-corrected chi connectivity index (χ0v) is 23.6. The Morgan fingerprint density at radius 3 is 2.12 bits per heavy atom. The monoisotopic (exact) mass is 574 g/mol. The summed E-state index contributed by atoms with van der Waals surface area (Å²) in [5.41, 5.74) is 8.70. The van der Waals surface area contributed by atoms with E-state index in [2.05, 4.69) is 9.69 Å². The number of halogens is 1. The van der Waals surface area contributed by atoms with Crippen molar-refractivity contribution in [3.05, 3.63) is 89.1 Å². The molecule has 0 spiro atoms. The van der Waals surface area contributed by atoms with Gasteiger partial charge in [0, 0.05) is 17.3 Å². The minimum Gasteiger partial charge on any atom is -0.497 e. The summed E-state index contributed by atoms with van der Waals surface area (Å²) in [5.74, 6) is 0.0595. The highest BCUT2D eigenvalue weighted by Gasteiger charge is 2.37. The molecule has 3 aromatic carbocycles. The van der Waals surface area contributed by atoms with E-state index in [4.69, 9.17) is 15.2 Å². The minimum absolute atomic E-state index is 0.0367. The summed E-state index contributed by atoms with van der Waals surface area (Å²) in [5, 5.41) is 3.17. The Balaban J connectivity index is 1.61. The molecular weight excluding hydrogens is 543 g/mol. The number of amides is 2. The lowest BCUT2D eigenvalue weighted by Crippen LogP contribution is -2.46. The summed E-state index contributed by atoms with van der Waals surface area (Å²) in [6, 6.07) is 18.8. The van der Waals surface area contributed by atoms with Crippen LogP contribution in [0.15, 0.2) is 72.8 Å². The first-order valence-electron chi connectivity index (χ1n) is 13.3. The Labute approximate surface area is 242 Å². The van der Waals surface area contributed by atoms with Crippen molar-refractivity contribution in [3.8, 4) is 22.8 Å². The molecule has 1 heterocycles. The maximum absolute atomic E-state index is 14.4. The molecule has 1 fully saturated rings. The number of nitrogen functional groups attached to an aromatic ring is 1. The number of nitrogens with two attached hydrogens (primary N) is 1.